The Hall–Kier alpha value is 0.230. The fraction of sp³-hybridized carbons (Fsp3) is 1.00. The third-order valence-corrected chi connectivity index (χ3v) is 4.76. The molecule has 17 heavy (non-hydrogen) atoms. The Balaban J connectivity index is 2.45. The molecule has 3 nitrogen and oxygen atoms in total. The van der Waals surface area contributed by atoms with E-state index in [1.165, 1.54) is 31.7 Å². The second-order valence-corrected chi connectivity index (χ2v) is 6.33. The topological polar surface area (TPSA) is 32.5 Å². The van der Waals surface area contributed by atoms with Gasteiger partial charge in [-0.25, -0.2) is 0 Å². The highest BCUT2D eigenvalue weighted by atomic mass is 32.2. The zero-order valence-corrected chi connectivity index (χ0v) is 12.7. The van der Waals surface area contributed by atoms with Crippen LogP contribution in [0.4, 0.5) is 0 Å². The largest absolute Gasteiger partial charge is 0.329 e. The first-order valence-corrected chi connectivity index (χ1v) is 8.14. The number of likely N-dealkylation sites (N-methyl/N-ethyl adjacent to an activating group) is 1. The quantitative estimate of drug-likeness (QED) is 0.733. The maximum absolute atomic E-state index is 5.95. The van der Waals surface area contributed by atoms with E-state index in [0.29, 0.717) is 18.1 Å². The molecule has 0 radical (unpaired) electrons. The van der Waals surface area contributed by atoms with Crippen LogP contribution in [0.15, 0.2) is 0 Å². The van der Waals surface area contributed by atoms with E-state index in [2.05, 4.69) is 37.0 Å². The highest BCUT2D eigenvalue weighted by molar-refractivity contribution is 7.98. The van der Waals surface area contributed by atoms with Crippen molar-refractivity contribution in [3.05, 3.63) is 0 Å². The van der Waals surface area contributed by atoms with E-state index >= 15 is 0 Å². The Morgan fingerprint density at radius 1 is 1.29 bits per heavy atom. The summed E-state index contributed by atoms with van der Waals surface area (Å²) in [6, 6.07) is 1.88. The van der Waals surface area contributed by atoms with Crippen LogP contribution in [0.2, 0.25) is 0 Å². The van der Waals surface area contributed by atoms with Crippen LogP contribution in [0.25, 0.3) is 0 Å². The van der Waals surface area contributed by atoms with Gasteiger partial charge in [0.05, 0.1) is 0 Å². The average molecular weight is 259 g/mol. The number of hydrogen-bond donors (Lipinski definition) is 1. The molecule has 1 rings (SSSR count). The molecular weight excluding hydrogens is 230 g/mol. The van der Waals surface area contributed by atoms with E-state index in [-0.39, 0.29) is 0 Å². The number of hydrogen-bond acceptors (Lipinski definition) is 4. The summed E-state index contributed by atoms with van der Waals surface area (Å²) in [5.41, 5.74) is 5.95. The normalized spacial score (nSPS) is 29.5. The predicted octanol–water partition coefficient (Wildman–Crippen LogP) is 1.48. The van der Waals surface area contributed by atoms with Crippen LogP contribution in [0.5, 0.6) is 0 Å². The number of rotatable bonds is 6. The predicted molar refractivity (Wildman–Crippen MR) is 78.7 cm³/mol. The van der Waals surface area contributed by atoms with Gasteiger partial charge in [0, 0.05) is 37.8 Å². The van der Waals surface area contributed by atoms with Gasteiger partial charge in [0.25, 0.3) is 0 Å². The summed E-state index contributed by atoms with van der Waals surface area (Å²) in [4.78, 5) is 5.08. The smallest absolute Gasteiger partial charge is 0.0220 e. The van der Waals surface area contributed by atoms with E-state index in [1.807, 2.05) is 11.8 Å². The van der Waals surface area contributed by atoms with Crippen LogP contribution in [0, 0.1) is 0 Å². The second-order valence-electron chi connectivity index (χ2n) is 5.34. The molecule has 1 aliphatic rings. The van der Waals surface area contributed by atoms with E-state index in [0.717, 1.165) is 6.54 Å². The molecule has 102 valence electrons. The minimum atomic E-state index is 0.584. The maximum atomic E-state index is 5.95. The molecule has 2 N–H and O–H groups in total. The standard InChI is InChI=1S/C13H29N3S/c1-11-9-16(10-12(2)15(11)3)13(8-14)6-5-7-17-4/h11-13H,5-10,14H2,1-4H3. The highest BCUT2D eigenvalue weighted by Gasteiger charge is 2.29. The van der Waals surface area contributed by atoms with Gasteiger partial charge in [-0.3, -0.25) is 9.80 Å². The fourth-order valence-electron chi connectivity index (χ4n) is 2.66. The third kappa shape index (κ3) is 4.43. The van der Waals surface area contributed by atoms with Gasteiger partial charge in [-0.2, -0.15) is 11.8 Å². The molecule has 4 heteroatoms. The van der Waals surface area contributed by atoms with Crippen molar-refractivity contribution in [1.29, 1.82) is 0 Å². The van der Waals surface area contributed by atoms with Crippen molar-refractivity contribution in [2.75, 3.05) is 38.7 Å². The van der Waals surface area contributed by atoms with Gasteiger partial charge in [-0.05, 0) is 45.7 Å². The van der Waals surface area contributed by atoms with Crippen LogP contribution in [-0.4, -0.2) is 66.6 Å². The van der Waals surface area contributed by atoms with Gasteiger partial charge in [-0.15, -0.1) is 0 Å². The van der Waals surface area contributed by atoms with Crippen molar-refractivity contribution in [1.82, 2.24) is 9.80 Å². The number of piperazine rings is 1. The number of nitrogens with zero attached hydrogens (tertiary/aromatic N) is 2. The van der Waals surface area contributed by atoms with Crippen molar-refractivity contribution in [2.45, 2.75) is 44.8 Å². The number of thioether (sulfide) groups is 1. The van der Waals surface area contributed by atoms with E-state index in [4.69, 9.17) is 5.73 Å². The summed E-state index contributed by atoms with van der Waals surface area (Å²) >= 11 is 1.93. The van der Waals surface area contributed by atoms with Gasteiger partial charge in [0.15, 0.2) is 0 Å². The summed E-state index contributed by atoms with van der Waals surface area (Å²) in [6.07, 6.45) is 4.72. The minimum Gasteiger partial charge on any atom is -0.329 e. The molecule has 0 amide bonds. The van der Waals surface area contributed by atoms with Crippen molar-refractivity contribution in [2.24, 2.45) is 5.73 Å². The van der Waals surface area contributed by atoms with Crippen molar-refractivity contribution in [3.63, 3.8) is 0 Å². The van der Waals surface area contributed by atoms with Gasteiger partial charge in [0.2, 0.25) is 0 Å². The monoisotopic (exact) mass is 259 g/mol. The van der Waals surface area contributed by atoms with Crippen LogP contribution in [0.3, 0.4) is 0 Å². The Kier molecular flexibility index (Phi) is 6.85. The molecule has 3 unspecified atom stereocenters. The molecule has 0 aromatic heterocycles. The lowest BCUT2D eigenvalue weighted by Gasteiger charge is -2.45. The Labute approximate surface area is 111 Å². The van der Waals surface area contributed by atoms with Crippen molar-refractivity contribution in [3.8, 4) is 0 Å². The second kappa shape index (κ2) is 7.62. The lowest BCUT2D eigenvalue weighted by Crippen LogP contribution is -2.58. The molecular formula is C13H29N3S. The lowest BCUT2D eigenvalue weighted by atomic mass is 10.0. The van der Waals surface area contributed by atoms with Crippen molar-refractivity contribution < 1.29 is 0 Å². The third-order valence-electron chi connectivity index (χ3n) is 4.06. The fourth-order valence-corrected chi connectivity index (χ4v) is 3.11. The summed E-state index contributed by atoms with van der Waals surface area (Å²) in [6.45, 7) is 7.78. The lowest BCUT2D eigenvalue weighted by molar-refractivity contribution is 0.0333. The van der Waals surface area contributed by atoms with E-state index in [1.54, 1.807) is 0 Å². The SMILES string of the molecule is CSCCCC(CN)N1CC(C)N(C)C(C)C1. The Morgan fingerprint density at radius 2 is 1.88 bits per heavy atom. The van der Waals surface area contributed by atoms with Crippen LogP contribution in [0.1, 0.15) is 26.7 Å². The number of nitrogens with two attached hydrogens (primary N) is 1. The molecule has 1 fully saturated rings. The first-order chi connectivity index (χ1) is 8.10. The zero-order chi connectivity index (χ0) is 12.8. The molecule has 0 aromatic rings. The van der Waals surface area contributed by atoms with Crippen molar-refractivity contribution >= 4 is 11.8 Å². The molecule has 0 saturated carbocycles. The minimum absolute atomic E-state index is 0.584. The van der Waals surface area contributed by atoms with Gasteiger partial charge in [0.1, 0.15) is 0 Å². The zero-order valence-electron chi connectivity index (χ0n) is 11.9. The first kappa shape index (κ1) is 15.3. The summed E-state index contributed by atoms with van der Waals surface area (Å²) in [7, 11) is 2.23. The molecule has 0 aromatic carbocycles. The van der Waals surface area contributed by atoms with Crippen LogP contribution >= 0.6 is 11.8 Å². The molecule has 0 spiro atoms. The first-order valence-electron chi connectivity index (χ1n) is 6.75. The molecule has 1 aliphatic heterocycles. The van der Waals surface area contributed by atoms with E-state index < -0.39 is 0 Å². The molecule has 1 heterocycles. The highest BCUT2D eigenvalue weighted by Crippen LogP contribution is 2.18. The molecule has 1 saturated heterocycles. The summed E-state index contributed by atoms with van der Waals surface area (Å²) < 4.78 is 0. The van der Waals surface area contributed by atoms with Gasteiger partial charge in [-0.1, -0.05) is 0 Å². The van der Waals surface area contributed by atoms with Crippen LogP contribution in [-0.2, 0) is 0 Å². The Bertz CT molecular complexity index is 201. The molecule has 0 bridgehead atoms. The summed E-state index contributed by atoms with van der Waals surface area (Å²) in [5, 5.41) is 0. The summed E-state index contributed by atoms with van der Waals surface area (Å²) in [5.74, 6) is 1.26. The average Bonchev–Trinajstić information content (AvgIpc) is 2.31. The van der Waals surface area contributed by atoms with Crippen LogP contribution < -0.4 is 5.73 Å². The molecule has 0 aliphatic carbocycles. The Morgan fingerprint density at radius 3 is 2.35 bits per heavy atom. The molecule has 3 atom stereocenters. The maximum Gasteiger partial charge on any atom is 0.0220 e. The van der Waals surface area contributed by atoms with Gasteiger partial charge >= 0.3 is 0 Å². The van der Waals surface area contributed by atoms with Gasteiger partial charge < -0.3 is 5.73 Å². The van der Waals surface area contributed by atoms with E-state index in [9.17, 15) is 0 Å².